The second-order valence-electron chi connectivity index (χ2n) is 4.75. The lowest BCUT2D eigenvalue weighted by Gasteiger charge is -2.31. The van der Waals surface area contributed by atoms with Gasteiger partial charge in [0.1, 0.15) is 0 Å². The van der Waals surface area contributed by atoms with E-state index in [1.807, 2.05) is 0 Å². The molecule has 0 aliphatic heterocycles. The van der Waals surface area contributed by atoms with Crippen molar-refractivity contribution in [3.05, 3.63) is 0 Å². The van der Waals surface area contributed by atoms with Gasteiger partial charge in [0.05, 0.1) is 19.9 Å². The number of ether oxygens (including phenoxy) is 2. The highest BCUT2D eigenvalue weighted by Gasteiger charge is 2.26. The predicted molar refractivity (Wildman–Crippen MR) is 68.3 cm³/mol. The molecular weight excluding hydrogens is 202 g/mol. The lowest BCUT2D eigenvalue weighted by molar-refractivity contribution is -0.0330. The van der Waals surface area contributed by atoms with Crippen molar-refractivity contribution in [1.29, 1.82) is 0 Å². The maximum absolute atomic E-state index is 5.81. The van der Waals surface area contributed by atoms with E-state index in [4.69, 9.17) is 15.2 Å². The molecule has 0 rings (SSSR count). The molecule has 2 N–H and O–H groups in total. The molecule has 1 atom stereocenters. The SMILES string of the molecule is CCC(C)COCC(CC)(CC)COCN. The minimum absolute atomic E-state index is 0.146. The fourth-order valence-corrected chi connectivity index (χ4v) is 1.57. The average Bonchev–Trinajstić information content (AvgIpc) is 2.33. The van der Waals surface area contributed by atoms with Gasteiger partial charge >= 0.3 is 0 Å². The quantitative estimate of drug-likeness (QED) is 0.588. The minimum Gasteiger partial charge on any atom is -0.381 e. The Hall–Kier alpha value is -0.120. The lowest BCUT2D eigenvalue weighted by Crippen LogP contribution is -2.32. The lowest BCUT2D eigenvalue weighted by atomic mass is 9.84. The molecule has 98 valence electrons. The second-order valence-corrected chi connectivity index (χ2v) is 4.75. The summed E-state index contributed by atoms with van der Waals surface area (Å²) in [5.74, 6) is 0.641. The van der Waals surface area contributed by atoms with Crippen LogP contribution in [0.2, 0.25) is 0 Å². The Morgan fingerprint density at radius 2 is 1.62 bits per heavy atom. The normalized spacial score (nSPS) is 14.1. The molecule has 0 aromatic carbocycles. The Labute approximate surface area is 101 Å². The number of rotatable bonds is 10. The van der Waals surface area contributed by atoms with Crippen LogP contribution in [0.3, 0.4) is 0 Å². The summed E-state index contributed by atoms with van der Waals surface area (Å²) in [5, 5.41) is 0. The van der Waals surface area contributed by atoms with Gasteiger partial charge in [-0.05, 0) is 18.8 Å². The fraction of sp³-hybridized carbons (Fsp3) is 1.00. The zero-order chi connectivity index (χ0) is 12.4. The van der Waals surface area contributed by atoms with Crippen molar-refractivity contribution in [2.45, 2.75) is 47.0 Å². The van der Waals surface area contributed by atoms with Crippen molar-refractivity contribution >= 4 is 0 Å². The van der Waals surface area contributed by atoms with E-state index in [-0.39, 0.29) is 5.41 Å². The summed E-state index contributed by atoms with van der Waals surface area (Å²) in [6.07, 6.45) is 3.32. The van der Waals surface area contributed by atoms with Crippen LogP contribution in [0.1, 0.15) is 47.0 Å². The molecule has 0 aliphatic carbocycles. The number of hydrogen-bond acceptors (Lipinski definition) is 3. The molecule has 0 heterocycles. The van der Waals surface area contributed by atoms with Crippen LogP contribution < -0.4 is 5.73 Å². The maximum atomic E-state index is 5.81. The third-order valence-corrected chi connectivity index (χ3v) is 3.53. The molecule has 0 radical (unpaired) electrons. The fourth-order valence-electron chi connectivity index (χ4n) is 1.57. The van der Waals surface area contributed by atoms with Crippen molar-refractivity contribution in [2.24, 2.45) is 17.1 Å². The highest BCUT2D eigenvalue weighted by molar-refractivity contribution is 4.76. The summed E-state index contributed by atoms with van der Waals surface area (Å²) in [5.41, 5.74) is 5.53. The molecule has 0 spiro atoms. The van der Waals surface area contributed by atoms with Gasteiger partial charge in [-0.1, -0.05) is 34.1 Å². The monoisotopic (exact) mass is 231 g/mol. The smallest absolute Gasteiger partial charge is 0.0940 e. The van der Waals surface area contributed by atoms with E-state index in [0.29, 0.717) is 19.3 Å². The molecule has 0 saturated heterocycles. The van der Waals surface area contributed by atoms with E-state index >= 15 is 0 Å². The van der Waals surface area contributed by atoms with Gasteiger partial charge in [-0.15, -0.1) is 0 Å². The van der Waals surface area contributed by atoms with Crippen LogP contribution in [-0.4, -0.2) is 26.6 Å². The Morgan fingerprint density at radius 1 is 1.06 bits per heavy atom. The van der Waals surface area contributed by atoms with Crippen LogP contribution >= 0.6 is 0 Å². The minimum atomic E-state index is 0.146. The number of nitrogens with two attached hydrogens (primary N) is 1. The van der Waals surface area contributed by atoms with Gasteiger partial charge in [0.15, 0.2) is 0 Å². The third-order valence-electron chi connectivity index (χ3n) is 3.53. The summed E-state index contributed by atoms with van der Waals surface area (Å²) in [4.78, 5) is 0. The van der Waals surface area contributed by atoms with Crippen LogP contribution in [0, 0.1) is 11.3 Å². The molecular formula is C13H29NO2. The molecule has 0 amide bonds. The first-order chi connectivity index (χ1) is 7.64. The Bertz CT molecular complexity index is 158. The third kappa shape index (κ3) is 5.83. The topological polar surface area (TPSA) is 44.5 Å². The van der Waals surface area contributed by atoms with E-state index in [1.165, 1.54) is 6.42 Å². The van der Waals surface area contributed by atoms with Crippen molar-refractivity contribution in [3.8, 4) is 0 Å². The van der Waals surface area contributed by atoms with Crippen molar-refractivity contribution < 1.29 is 9.47 Å². The predicted octanol–water partition coefficient (Wildman–Crippen LogP) is 2.79. The van der Waals surface area contributed by atoms with Gasteiger partial charge in [-0.2, -0.15) is 0 Å². The average molecular weight is 231 g/mol. The Balaban J connectivity index is 4.00. The van der Waals surface area contributed by atoms with Gasteiger partial charge in [-0.25, -0.2) is 0 Å². The zero-order valence-electron chi connectivity index (χ0n) is 11.4. The zero-order valence-corrected chi connectivity index (χ0v) is 11.4. The van der Waals surface area contributed by atoms with Crippen LogP contribution in [0.25, 0.3) is 0 Å². The van der Waals surface area contributed by atoms with E-state index in [0.717, 1.165) is 26.1 Å². The van der Waals surface area contributed by atoms with Crippen LogP contribution in [0.4, 0.5) is 0 Å². The van der Waals surface area contributed by atoms with E-state index in [9.17, 15) is 0 Å². The molecule has 3 nitrogen and oxygen atoms in total. The van der Waals surface area contributed by atoms with E-state index < -0.39 is 0 Å². The molecule has 0 aromatic rings. The van der Waals surface area contributed by atoms with Crippen LogP contribution in [-0.2, 0) is 9.47 Å². The molecule has 1 unspecified atom stereocenters. The maximum Gasteiger partial charge on any atom is 0.0940 e. The second kappa shape index (κ2) is 8.97. The van der Waals surface area contributed by atoms with Crippen molar-refractivity contribution in [3.63, 3.8) is 0 Å². The Kier molecular flexibility index (Phi) is 8.90. The van der Waals surface area contributed by atoms with Gasteiger partial charge < -0.3 is 15.2 Å². The first-order valence-corrected chi connectivity index (χ1v) is 6.49. The summed E-state index contributed by atoms with van der Waals surface area (Å²) < 4.78 is 11.2. The van der Waals surface area contributed by atoms with Crippen LogP contribution in [0.5, 0.6) is 0 Å². The molecule has 0 aliphatic rings. The van der Waals surface area contributed by atoms with Gasteiger partial charge in [0.25, 0.3) is 0 Å². The van der Waals surface area contributed by atoms with Crippen LogP contribution in [0.15, 0.2) is 0 Å². The highest BCUT2D eigenvalue weighted by Crippen LogP contribution is 2.27. The summed E-state index contributed by atoms with van der Waals surface area (Å²) in [7, 11) is 0. The Morgan fingerprint density at radius 3 is 2.06 bits per heavy atom. The molecule has 3 heteroatoms. The molecule has 0 bridgehead atoms. The van der Waals surface area contributed by atoms with Gasteiger partial charge in [0, 0.05) is 12.0 Å². The first-order valence-electron chi connectivity index (χ1n) is 6.49. The number of hydrogen-bond donors (Lipinski definition) is 1. The first kappa shape index (κ1) is 15.9. The summed E-state index contributed by atoms with van der Waals surface area (Å²) >= 11 is 0. The molecule has 0 aromatic heterocycles. The van der Waals surface area contributed by atoms with E-state index in [2.05, 4.69) is 27.7 Å². The largest absolute Gasteiger partial charge is 0.381 e. The van der Waals surface area contributed by atoms with Gasteiger partial charge in [-0.3, -0.25) is 0 Å². The highest BCUT2D eigenvalue weighted by atomic mass is 16.5. The van der Waals surface area contributed by atoms with Gasteiger partial charge in [0.2, 0.25) is 0 Å². The molecule has 0 fully saturated rings. The molecule has 16 heavy (non-hydrogen) atoms. The summed E-state index contributed by atoms with van der Waals surface area (Å²) in [6, 6.07) is 0. The molecule has 0 saturated carbocycles. The van der Waals surface area contributed by atoms with Crippen molar-refractivity contribution in [2.75, 3.05) is 26.6 Å². The summed E-state index contributed by atoms with van der Waals surface area (Å²) in [6.45, 7) is 11.4. The van der Waals surface area contributed by atoms with E-state index in [1.54, 1.807) is 0 Å². The standard InChI is InChI=1S/C13H29NO2/c1-5-12(4)8-15-9-13(6-2,7-3)10-16-11-14/h12H,5-11,14H2,1-4H3. The van der Waals surface area contributed by atoms with Crippen molar-refractivity contribution in [1.82, 2.24) is 0 Å².